The lowest BCUT2D eigenvalue weighted by Gasteiger charge is -2.39. The summed E-state index contributed by atoms with van der Waals surface area (Å²) in [6, 6.07) is 0. The SMILES string of the molecule is O=C(O)COCCOCCn1nncc1CO[C@H]1O[C@H](CO)[C@@H](O)[C@H](O)[C@H]1O. The molecule has 0 aromatic carbocycles. The molecule has 13 nitrogen and oxygen atoms in total. The van der Waals surface area contributed by atoms with Gasteiger partial charge in [-0.2, -0.15) is 0 Å². The van der Waals surface area contributed by atoms with Crippen LogP contribution in [-0.2, 0) is 36.9 Å². The molecule has 0 saturated carbocycles. The smallest absolute Gasteiger partial charge is 0.329 e. The van der Waals surface area contributed by atoms with Gasteiger partial charge in [0, 0.05) is 0 Å². The Morgan fingerprint density at radius 2 is 1.89 bits per heavy atom. The highest BCUT2D eigenvalue weighted by atomic mass is 16.7. The zero-order valence-electron chi connectivity index (χ0n) is 15.0. The fraction of sp³-hybridized carbons (Fsp3) is 0.800. The molecule has 2 rings (SSSR count). The predicted octanol–water partition coefficient (Wildman–Crippen LogP) is -3.29. The van der Waals surface area contributed by atoms with Gasteiger partial charge in [0.1, 0.15) is 31.0 Å². The molecule has 0 spiro atoms. The van der Waals surface area contributed by atoms with Crippen LogP contribution in [0, 0.1) is 0 Å². The molecule has 13 heteroatoms. The number of aliphatic hydroxyl groups is 4. The zero-order chi connectivity index (χ0) is 20.5. The first-order chi connectivity index (χ1) is 13.4. The van der Waals surface area contributed by atoms with E-state index in [0.717, 1.165) is 0 Å². The summed E-state index contributed by atoms with van der Waals surface area (Å²) in [7, 11) is 0. The van der Waals surface area contributed by atoms with Crippen LogP contribution in [0.1, 0.15) is 5.69 Å². The van der Waals surface area contributed by atoms with E-state index in [1.807, 2.05) is 0 Å². The normalized spacial score (nSPS) is 27.8. The number of ether oxygens (including phenoxy) is 4. The maximum absolute atomic E-state index is 10.3. The van der Waals surface area contributed by atoms with E-state index in [1.165, 1.54) is 10.9 Å². The Hall–Kier alpha value is -1.71. The average Bonchev–Trinajstić information content (AvgIpc) is 3.12. The fourth-order valence-corrected chi connectivity index (χ4v) is 2.48. The lowest BCUT2D eigenvalue weighted by molar-refractivity contribution is -0.304. The van der Waals surface area contributed by atoms with Crippen LogP contribution < -0.4 is 0 Å². The Bertz CT molecular complexity index is 598. The lowest BCUT2D eigenvalue weighted by atomic mass is 9.99. The van der Waals surface area contributed by atoms with Gasteiger partial charge in [0.05, 0.1) is 51.5 Å². The van der Waals surface area contributed by atoms with E-state index in [0.29, 0.717) is 12.2 Å². The van der Waals surface area contributed by atoms with Gasteiger partial charge in [0.25, 0.3) is 0 Å². The van der Waals surface area contributed by atoms with Gasteiger partial charge in [-0.15, -0.1) is 5.10 Å². The summed E-state index contributed by atoms with van der Waals surface area (Å²) >= 11 is 0. The third-order valence-corrected chi connectivity index (χ3v) is 3.99. The quantitative estimate of drug-likeness (QED) is 0.218. The number of hydrogen-bond acceptors (Lipinski definition) is 11. The van der Waals surface area contributed by atoms with Crippen LogP contribution in [0.4, 0.5) is 0 Å². The summed E-state index contributed by atoms with van der Waals surface area (Å²) in [6.45, 7) is -0.00431. The van der Waals surface area contributed by atoms with Crippen LogP contribution in [0.15, 0.2) is 6.20 Å². The van der Waals surface area contributed by atoms with Crippen LogP contribution in [0.2, 0.25) is 0 Å². The van der Waals surface area contributed by atoms with Crippen molar-refractivity contribution in [2.24, 2.45) is 0 Å². The van der Waals surface area contributed by atoms with E-state index in [1.54, 1.807) is 0 Å². The Balaban J connectivity index is 1.74. The molecule has 1 aromatic rings. The minimum atomic E-state index is -1.52. The van der Waals surface area contributed by atoms with Crippen molar-refractivity contribution in [1.82, 2.24) is 15.0 Å². The molecular weight excluding hydrogens is 382 g/mol. The Morgan fingerprint density at radius 1 is 1.14 bits per heavy atom. The number of aliphatic hydroxyl groups excluding tert-OH is 4. The third kappa shape index (κ3) is 6.42. The zero-order valence-corrected chi connectivity index (χ0v) is 15.0. The predicted molar refractivity (Wildman–Crippen MR) is 87.9 cm³/mol. The van der Waals surface area contributed by atoms with Crippen molar-refractivity contribution in [3.05, 3.63) is 11.9 Å². The lowest BCUT2D eigenvalue weighted by Crippen LogP contribution is -2.59. The number of hydrogen-bond donors (Lipinski definition) is 5. The highest BCUT2D eigenvalue weighted by Crippen LogP contribution is 2.22. The van der Waals surface area contributed by atoms with Gasteiger partial charge in [-0.3, -0.25) is 0 Å². The molecule has 2 heterocycles. The number of rotatable bonds is 12. The minimum absolute atomic E-state index is 0.0581. The van der Waals surface area contributed by atoms with E-state index < -0.39 is 43.3 Å². The van der Waals surface area contributed by atoms with Crippen molar-refractivity contribution in [2.45, 2.75) is 43.9 Å². The Labute approximate surface area is 160 Å². The largest absolute Gasteiger partial charge is 0.480 e. The monoisotopic (exact) mass is 407 g/mol. The number of carboxylic acid groups (broad SMARTS) is 1. The standard InChI is InChI=1S/C15H25N3O10/c19-6-10-12(22)13(23)14(24)15(28-10)27-7-9-5-16-17-18(9)1-2-25-3-4-26-8-11(20)21/h5,10,12-15,19,22-24H,1-4,6-8H2,(H,20,21)/t10-,12-,13+,14-,15+/m1/s1. The van der Waals surface area contributed by atoms with Crippen LogP contribution >= 0.6 is 0 Å². The summed E-state index contributed by atoms with van der Waals surface area (Å²) in [5.41, 5.74) is 0.544. The van der Waals surface area contributed by atoms with Gasteiger partial charge in [-0.05, 0) is 0 Å². The van der Waals surface area contributed by atoms with Crippen LogP contribution in [0.25, 0.3) is 0 Å². The number of aromatic nitrogens is 3. The fourth-order valence-electron chi connectivity index (χ4n) is 2.48. The van der Waals surface area contributed by atoms with Gasteiger partial charge in [0.15, 0.2) is 6.29 Å². The van der Waals surface area contributed by atoms with E-state index >= 15 is 0 Å². The molecular formula is C15H25N3O10. The van der Waals surface area contributed by atoms with Crippen molar-refractivity contribution in [2.75, 3.05) is 33.0 Å². The van der Waals surface area contributed by atoms with E-state index in [2.05, 4.69) is 10.3 Å². The van der Waals surface area contributed by atoms with Crippen molar-refractivity contribution in [3.8, 4) is 0 Å². The van der Waals surface area contributed by atoms with Gasteiger partial charge >= 0.3 is 5.97 Å². The molecule has 28 heavy (non-hydrogen) atoms. The Morgan fingerprint density at radius 3 is 2.61 bits per heavy atom. The molecule has 160 valence electrons. The van der Waals surface area contributed by atoms with Gasteiger partial charge in [0.2, 0.25) is 0 Å². The maximum Gasteiger partial charge on any atom is 0.329 e. The second-order valence-corrected chi connectivity index (χ2v) is 6.02. The first kappa shape index (κ1) is 22.6. The summed E-state index contributed by atoms with van der Waals surface area (Å²) in [5, 5.41) is 54.7. The number of carboxylic acids is 1. The number of carbonyl (C=O) groups is 1. The maximum atomic E-state index is 10.3. The third-order valence-electron chi connectivity index (χ3n) is 3.99. The molecule has 1 fully saturated rings. The first-order valence-corrected chi connectivity index (χ1v) is 8.60. The first-order valence-electron chi connectivity index (χ1n) is 8.60. The molecule has 0 amide bonds. The Kier molecular flexibility index (Phi) is 9.14. The average molecular weight is 407 g/mol. The highest BCUT2D eigenvalue weighted by Gasteiger charge is 2.44. The highest BCUT2D eigenvalue weighted by molar-refractivity contribution is 5.67. The van der Waals surface area contributed by atoms with Crippen molar-refractivity contribution in [1.29, 1.82) is 0 Å². The van der Waals surface area contributed by atoms with Crippen LogP contribution in [0.5, 0.6) is 0 Å². The summed E-state index contributed by atoms with van der Waals surface area (Å²) in [4.78, 5) is 10.3. The van der Waals surface area contributed by atoms with Gasteiger partial charge in [-0.25, -0.2) is 9.48 Å². The molecule has 1 aliphatic heterocycles. The minimum Gasteiger partial charge on any atom is -0.480 e. The van der Waals surface area contributed by atoms with Crippen LogP contribution in [0.3, 0.4) is 0 Å². The summed E-state index contributed by atoms with van der Waals surface area (Å²) in [6.07, 6.45) is -5.32. The molecule has 0 aliphatic carbocycles. The van der Waals surface area contributed by atoms with Crippen molar-refractivity contribution >= 4 is 5.97 Å². The van der Waals surface area contributed by atoms with Gasteiger partial charge in [-0.1, -0.05) is 5.21 Å². The molecule has 0 bridgehead atoms. The van der Waals surface area contributed by atoms with Crippen LogP contribution in [-0.4, -0.2) is 110 Å². The van der Waals surface area contributed by atoms with E-state index in [-0.39, 0.29) is 33.0 Å². The van der Waals surface area contributed by atoms with E-state index in [4.69, 9.17) is 24.1 Å². The second-order valence-electron chi connectivity index (χ2n) is 6.02. The molecule has 5 N–H and O–H groups in total. The molecule has 0 unspecified atom stereocenters. The summed E-state index contributed by atoms with van der Waals surface area (Å²) < 4.78 is 22.3. The topological polar surface area (TPSA) is 186 Å². The molecule has 0 radical (unpaired) electrons. The number of aliphatic carboxylic acids is 1. The molecule has 1 aliphatic rings. The number of nitrogens with zero attached hydrogens (tertiary/aromatic N) is 3. The van der Waals surface area contributed by atoms with E-state index in [9.17, 15) is 25.2 Å². The van der Waals surface area contributed by atoms with Crippen molar-refractivity contribution in [3.63, 3.8) is 0 Å². The molecule has 1 aromatic heterocycles. The van der Waals surface area contributed by atoms with Gasteiger partial charge < -0.3 is 44.5 Å². The second kappa shape index (κ2) is 11.3. The molecule has 5 atom stereocenters. The molecule has 1 saturated heterocycles. The summed E-state index contributed by atoms with van der Waals surface area (Å²) in [5.74, 6) is -1.05. The van der Waals surface area contributed by atoms with Crippen molar-refractivity contribution < 1.29 is 49.3 Å².